The van der Waals surface area contributed by atoms with Gasteiger partial charge in [-0.25, -0.2) is 4.39 Å². The minimum atomic E-state index is -0.651. The van der Waals surface area contributed by atoms with Crippen LogP contribution in [0.1, 0.15) is 50.5 Å². The third-order valence-corrected chi connectivity index (χ3v) is 7.01. The van der Waals surface area contributed by atoms with Crippen molar-refractivity contribution in [3.05, 3.63) is 35.6 Å². The molecule has 2 heterocycles. The van der Waals surface area contributed by atoms with Crippen LogP contribution in [0.2, 0.25) is 0 Å². The van der Waals surface area contributed by atoms with Gasteiger partial charge in [0.05, 0.1) is 5.41 Å². The minimum Gasteiger partial charge on any atom is -0.381 e. The van der Waals surface area contributed by atoms with Crippen LogP contribution in [-0.4, -0.2) is 61.0 Å². The van der Waals surface area contributed by atoms with Crippen molar-refractivity contribution in [1.29, 1.82) is 0 Å². The number of carbonyl (C=O) groups excluding carboxylic acids is 2. The Morgan fingerprint density at radius 2 is 1.55 bits per heavy atom. The fourth-order valence-electron chi connectivity index (χ4n) is 5.17. The molecule has 2 saturated heterocycles. The van der Waals surface area contributed by atoms with Crippen LogP contribution in [0.25, 0.3) is 0 Å². The second-order valence-corrected chi connectivity index (χ2v) is 8.73. The zero-order valence-corrected chi connectivity index (χ0v) is 17.1. The molecule has 6 heteroatoms. The Morgan fingerprint density at radius 3 is 2.17 bits per heavy atom. The lowest BCUT2D eigenvalue weighted by atomic mass is 9.73. The van der Waals surface area contributed by atoms with E-state index in [2.05, 4.69) is 0 Å². The van der Waals surface area contributed by atoms with Crippen molar-refractivity contribution in [2.45, 2.75) is 50.4 Å². The van der Waals surface area contributed by atoms with E-state index in [9.17, 15) is 14.0 Å². The molecule has 0 N–H and O–H groups in total. The average molecular weight is 403 g/mol. The molecular weight excluding hydrogens is 371 g/mol. The van der Waals surface area contributed by atoms with Crippen molar-refractivity contribution in [2.75, 3.05) is 39.4 Å². The van der Waals surface area contributed by atoms with E-state index in [4.69, 9.17) is 4.74 Å². The number of ether oxygens (including phenoxy) is 1. The van der Waals surface area contributed by atoms with Gasteiger partial charge in [0.1, 0.15) is 5.82 Å². The van der Waals surface area contributed by atoms with Gasteiger partial charge in [-0.05, 0) is 49.3 Å². The van der Waals surface area contributed by atoms with Crippen LogP contribution in [0.3, 0.4) is 0 Å². The summed E-state index contributed by atoms with van der Waals surface area (Å²) in [5, 5.41) is 0. The molecule has 1 aliphatic carbocycles. The van der Waals surface area contributed by atoms with Gasteiger partial charge < -0.3 is 14.5 Å². The first kappa shape index (κ1) is 20.3. The minimum absolute atomic E-state index is 0.0929. The van der Waals surface area contributed by atoms with Crippen molar-refractivity contribution in [1.82, 2.24) is 9.80 Å². The quantitative estimate of drug-likeness (QED) is 0.778. The second-order valence-electron chi connectivity index (χ2n) is 8.73. The van der Waals surface area contributed by atoms with Crippen LogP contribution in [-0.2, 0) is 19.7 Å². The first-order valence-corrected chi connectivity index (χ1v) is 11.0. The van der Waals surface area contributed by atoms with Crippen LogP contribution >= 0.6 is 0 Å². The maximum Gasteiger partial charge on any atom is 0.233 e. The van der Waals surface area contributed by atoms with Gasteiger partial charge in [-0.1, -0.05) is 25.0 Å². The van der Waals surface area contributed by atoms with Crippen LogP contribution < -0.4 is 0 Å². The van der Waals surface area contributed by atoms with Crippen molar-refractivity contribution >= 4 is 11.8 Å². The molecule has 0 unspecified atom stereocenters. The molecule has 29 heavy (non-hydrogen) atoms. The summed E-state index contributed by atoms with van der Waals surface area (Å²) < 4.78 is 19.0. The number of benzene rings is 1. The molecule has 158 valence electrons. The number of rotatable bonds is 4. The number of nitrogens with zero attached hydrogens (tertiary/aromatic N) is 2. The number of hydrogen-bond donors (Lipinski definition) is 0. The summed E-state index contributed by atoms with van der Waals surface area (Å²) in [5.74, 6) is 0.586. The van der Waals surface area contributed by atoms with Crippen molar-refractivity contribution < 1.29 is 18.7 Å². The van der Waals surface area contributed by atoms with Crippen LogP contribution in [0.15, 0.2) is 24.3 Å². The molecule has 1 saturated carbocycles. The zero-order valence-electron chi connectivity index (χ0n) is 17.1. The van der Waals surface area contributed by atoms with E-state index in [0.29, 0.717) is 64.6 Å². The SMILES string of the molecule is O=C(CC1CCCC1)N1CCN(C(=O)C2(c3ccc(F)cc3)CCOCC2)CC1. The standard InChI is InChI=1S/C23H31FN2O3/c24-20-7-5-19(6-8-20)23(9-15-29-16-10-23)22(28)26-13-11-25(12-14-26)21(27)17-18-3-1-2-4-18/h5-8,18H,1-4,9-17H2. The second kappa shape index (κ2) is 8.82. The zero-order chi connectivity index (χ0) is 20.3. The molecule has 0 spiro atoms. The predicted octanol–water partition coefficient (Wildman–Crippen LogP) is 3.13. The van der Waals surface area contributed by atoms with E-state index in [1.54, 1.807) is 12.1 Å². The topological polar surface area (TPSA) is 49.9 Å². The molecule has 0 atom stereocenters. The van der Waals surface area contributed by atoms with Gasteiger partial charge in [0.2, 0.25) is 11.8 Å². The van der Waals surface area contributed by atoms with Crippen molar-refractivity contribution in [3.8, 4) is 0 Å². The highest BCUT2D eigenvalue weighted by molar-refractivity contribution is 5.89. The summed E-state index contributed by atoms with van der Waals surface area (Å²) in [7, 11) is 0. The summed E-state index contributed by atoms with van der Waals surface area (Å²) in [4.78, 5) is 30.0. The third-order valence-electron chi connectivity index (χ3n) is 7.01. The van der Waals surface area contributed by atoms with Crippen LogP contribution in [0, 0.1) is 11.7 Å². The average Bonchev–Trinajstić information content (AvgIpc) is 3.27. The normalized spacial score (nSPS) is 22.7. The molecule has 0 aromatic heterocycles. The van der Waals surface area contributed by atoms with E-state index < -0.39 is 5.41 Å². The van der Waals surface area contributed by atoms with Crippen LogP contribution in [0.5, 0.6) is 0 Å². The fraction of sp³-hybridized carbons (Fsp3) is 0.652. The predicted molar refractivity (Wildman–Crippen MR) is 108 cm³/mol. The lowest BCUT2D eigenvalue weighted by Gasteiger charge is -2.43. The van der Waals surface area contributed by atoms with E-state index in [1.807, 2.05) is 9.80 Å². The Bertz CT molecular complexity index is 716. The number of hydrogen-bond acceptors (Lipinski definition) is 3. The van der Waals surface area contributed by atoms with Gasteiger partial charge in [-0.15, -0.1) is 0 Å². The van der Waals surface area contributed by atoms with E-state index in [0.717, 1.165) is 5.56 Å². The molecular formula is C23H31FN2O3. The smallest absolute Gasteiger partial charge is 0.233 e. The summed E-state index contributed by atoms with van der Waals surface area (Å²) in [6, 6.07) is 6.33. The number of carbonyl (C=O) groups is 2. The maximum atomic E-state index is 13.6. The molecule has 3 fully saturated rings. The first-order valence-electron chi connectivity index (χ1n) is 11.0. The Kier molecular flexibility index (Phi) is 6.18. The van der Waals surface area contributed by atoms with Crippen LogP contribution in [0.4, 0.5) is 4.39 Å². The first-order chi connectivity index (χ1) is 14.1. The molecule has 0 bridgehead atoms. The third kappa shape index (κ3) is 4.32. The van der Waals surface area contributed by atoms with Gasteiger partial charge >= 0.3 is 0 Å². The molecule has 3 aliphatic rings. The van der Waals surface area contributed by atoms with Gasteiger partial charge in [-0.2, -0.15) is 0 Å². The van der Waals surface area contributed by atoms with E-state index in [1.165, 1.54) is 37.8 Å². The molecule has 0 radical (unpaired) electrons. The molecule has 5 nitrogen and oxygen atoms in total. The number of halogens is 1. The maximum absolute atomic E-state index is 13.6. The van der Waals surface area contributed by atoms with Gasteiger partial charge in [-0.3, -0.25) is 9.59 Å². The monoisotopic (exact) mass is 402 g/mol. The Balaban J connectivity index is 1.41. The Labute approximate surface area is 172 Å². The molecule has 2 aliphatic heterocycles. The summed E-state index contributed by atoms with van der Waals surface area (Å²) in [6.45, 7) is 3.41. The van der Waals surface area contributed by atoms with Crippen molar-refractivity contribution in [2.24, 2.45) is 5.92 Å². The lowest BCUT2D eigenvalue weighted by Crippen LogP contribution is -2.56. The summed E-state index contributed by atoms with van der Waals surface area (Å²) >= 11 is 0. The highest BCUT2D eigenvalue weighted by Gasteiger charge is 2.44. The number of amides is 2. The highest BCUT2D eigenvalue weighted by atomic mass is 19.1. The molecule has 1 aromatic rings. The Hall–Kier alpha value is -1.95. The summed E-state index contributed by atoms with van der Waals surface area (Å²) in [6.07, 6.45) is 6.71. The van der Waals surface area contributed by atoms with Gasteiger partial charge in [0, 0.05) is 45.8 Å². The van der Waals surface area contributed by atoms with Crippen molar-refractivity contribution in [3.63, 3.8) is 0 Å². The molecule has 2 amide bonds. The largest absolute Gasteiger partial charge is 0.381 e. The number of piperazine rings is 1. The lowest BCUT2D eigenvalue weighted by molar-refractivity contribution is -0.146. The van der Waals surface area contributed by atoms with Gasteiger partial charge in [0.25, 0.3) is 0 Å². The Morgan fingerprint density at radius 1 is 0.966 bits per heavy atom. The summed E-state index contributed by atoms with van der Waals surface area (Å²) in [5.41, 5.74) is 0.217. The fourth-order valence-corrected chi connectivity index (χ4v) is 5.17. The molecule has 4 rings (SSSR count). The van der Waals surface area contributed by atoms with E-state index >= 15 is 0 Å². The van der Waals surface area contributed by atoms with Gasteiger partial charge in [0.15, 0.2) is 0 Å². The van der Waals surface area contributed by atoms with E-state index in [-0.39, 0.29) is 17.6 Å². The highest BCUT2D eigenvalue weighted by Crippen LogP contribution is 2.37. The molecule has 1 aromatic carbocycles.